The molecule has 1 aromatic carbocycles. The molecule has 1 aliphatic rings. The van der Waals surface area contributed by atoms with Crippen molar-refractivity contribution in [3.8, 4) is 5.69 Å². The Balaban J connectivity index is 1.89. The van der Waals surface area contributed by atoms with Crippen LogP contribution in [-0.2, 0) is 0 Å². The number of thioether (sulfide) groups is 1. The summed E-state index contributed by atoms with van der Waals surface area (Å²) in [5.41, 5.74) is 1.67. The van der Waals surface area contributed by atoms with Gasteiger partial charge in [-0.15, -0.1) is 5.10 Å². The maximum atomic E-state index is 10.7. The van der Waals surface area contributed by atoms with Crippen molar-refractivity contribution in [1.82, 2.24) is 19.9 Å². The molecule has 3 rings (SSSR count). The average Bonchev–Trinajstić information content (AvgIpc) is 2.97. The van der Waals surface area contributed by atoms with Crippen LogP contribution in [0.5, 0.6) is 0 Å². The molecule has 1 aliphatic heterocycles. The highest BCUT2D eigenvalue weighted by Gasteiger charge is 2.30. The molecule has 2 atom stereocenters. The fourth-order valence-electron chi connectivity index (χ4n) is 2.45. The molecule has 1 aromatic heterocycles. The van der Waals surface area contributed by atoms with E-state index in [1.807, 2.05) is 42.1 Å². The molecule has 6 heteroatoms. The Morgan fingerprint density at radius 3 is 2.90 bits per heavy atom. The first-order valence-electron chi connectivity index (χ1n) is 6.69. The number of benzene rings is 1. The smallest absolute Gasteiger partial charge is 0.114 e. The van der Waals surface area contributed by atoms with Gasteiger partial charge in [0.1, 0.15) is 6.10 Å². The van der Waals surface area contributed by atoms with Crippen molar-refractivity contribution in [1.29, 1.82) is 0 Å². The number of aromatic nitrogens is 3. The number of hydrogen-bond donors (Lipinski definition) is 1. The third-order valence-electron chi connectivity index (χ3n) is 3.69. The van der Waals surface area contributed by atoms with E-state index < -0.39 is 6.10 Å². The third kappa shape index (κ3) is 2.59. The summed E-state index contributed by atoms with van der Waals surface area (Å²) in [6.07, 6.45) is 1.08. The molecule has 1 fully saturated rings. The lowest BCUT2D eigenvalue weighted by atomic mass is 10.1. The van der Waals surface area contributed by atoms with E-state index in [-0.39, 0.29) is 6.04 Å². The van der Waals surface area contributed by atoms with Crippen LogP contribution in [0.4, 0.5) is 0 Å². The van der Waals surface area contributed by atoms with Crippen LogP contribution < -0.4 is 0 Å². The van der Waals surface area contributed by atoms with Crippen LogP contribution >= 0.6 is 11.8 Å². The first kappa shape index (κ1) is 13.6. The summed E-state index contributed by atoms with van der Waals surface area (Å²) >= 11 is 1.88. The van der Waals surface area contributed by atoms with E-state index in [4.69, 9.17) is 0 Å². The maximum absolute atomic E-state index is 10.7. The van der Waals surface area contributed by atoms with Crippen LogP contribution in [0.3, 0.4) is 0 Å². The molecule has 2 heterocycles. The van der Waals surface area contributed by atoms with Gasteiger partial charge in [0.25, 0.3) is 0 Å². The van der Waals surface area contributed by atoms with Gasteiger partial charge in [0.05, 0.1) is 23.6 Å². The zero-order chi connectivity index (χ0) is 13.9. The van der Waals surface area contributed by atoms with Crippen molar-refractivity contribution in [2.45, 2.75) is 12.1 Å². The fourth-order valence-corrected chi connectivity index (χ4v) is 3.71. The second-order valence-corrected chi connectivity index (χ2v) is 6.12. The molecule has 0 radical (unpaired) electrons. The van der Waals surface area contributed by atoms with E-state index in [1.54, 1.807) is 10.9 Å². The van der Waals surface area contributed by atoms with Crippen LogP contribution in [0.1, 0.15) is 11.8 Å². The summed E-state index contributed by atoms with van der Waals surface area (Å²) in [5, 5.41) is 18.8. The fraction of sp³-hybridized carbons (Fsp3) is 0.429. The molecule has 1 saturated heterocycles. The van der Waals surface area contributed by atoms with Crippen molar-refractivity contribution in [2.24, 2.45) is 0 Å². The SMILES string of the molecule is CN1CCSCC1C(O)c1cnnn1-c1ccccc1. The number of rotatable bonds is 3. The van der Waals surface area contributed by atoms with Crippen LogP contribution in [0, 0.1) is 0 Å². The normalized spacial score (nSPS) is 21.8. The summed E-state index contributed by atoms with van der Waals surface area (Å²) in [6.45, 7) is 0.999. The Labute approximate surface area is 122 Å². The minimum Gasteiger partial charge on any atom is -0.385 e. The molecule has 5 nitrogen and oxygen atoms in total. The highest BCUT2D eigenvalue weighted by atomic mass is 32.2. The topological polar surface area (TPSA) is 54.2 Å². The first-order valence-corrected chi connectivity index (χ1v) is 7.85. The Morgan fingerprint density at radius 2 is 2.15 bits per heavy atom. The summed E-state index contributed by atoms with van der Waals surface area (Å²) in [7, 11) is 2.06. The van der Waals surface area contributed by atoms with Crippen LogP contribution in [0.15, 0.2) is 36.5 Å². The number of para-hydroxylation sites is 1. The molecular formula is C14H18N4OS. The molecule has 20 heavy (non-hydrogen) atoms. The van der Waals surface area contributed by atoms with Crippen molar-refractivity contribution >= 4 is 11.8 Å². The average molecular weight is 290 g/mol. The Bertz CT molecular complexity index is 559. The van der Waals surface area contributed by atoms with E-state index in [0.29, 0.717) is 0 Å². The van der Waals surface area contributed by atoms with Gasteiger partial charge in [-0.05, 0) is 19.2 Å². The van der Waals surface area contributed by atoms with E-state index in [2.05, 4.69) is 22.3 Å². The van der Waals surface area contributed by atoms with Gasteiger partial charge in [-0.2, -0.15) is 11.8 Å². The molecule has 0 bridgehead atoms. The lowest BCUT2D eigenvalue weighted by Crippen LogP contribution is -2.43. The monoisotopic (exact) mass is 290 g/mol. The van der Waals surface area contributed by atoms with Crippen LogP contribution in [0.25, 0.3) is 5.69 Å². The molecule has 1 N–H and O–H groups in total. The van der Waals surface area contributed by atoms with Gasteiger partial charge in [-0.3, -0.25) is 4.90 Å². The van der Waals surface area contributed by atoms with Gasteiger partial charge in [-0.1, -0.05) is 23.4 Å². The number of aliphatic hydroxyl groups excluding tert-OH is 1. The highest BCUT2D eigenvalue weighted by molar-refractivity contribution is 7.99. The van der Waals surface area contributed by atoms with Gasteiger partial charge in [0.15, 0.2) is 0 Å². The molecule has 2 unspecified atom stereocenters. The standard InChI is InChI=1S/C14H18N4OS/c1-17-7-8-20-10-13(17)14(19)12-9-15-16-18(12)11-5-3-2-4-6-11/h2-6,9,13-14,19H,7-8,10H2,1H3. The van der Waals surface area contributed by atoms with Gasteiger partial charge in [0, 0.05) is 18.1 Å². The minimum atomic E-state index is -0.581. The van der Waals surface area contributed by atoms with E-state index in [9.17, 15) is 5.11 Å². The zero-order valence-electron chi connectivity index (χ0n) is 11.4. The lowest BCUT2D eigenvalue weighted by Gasteiger charge is -2.35. The van der Waals surface area contributed by atoms with Gasteiger partial charge >= 0.3 is 0 Å². The highest BCUT2D eigenvalue weighted by Crippen LogP contribution is 2.27. The third-order valence-corrected chi connectivity index (χ3v) is 4.74. The van der Waals surface area contributed by atoms with Crippen molar-refractivity contribution < 1.29 is 5.11 Å². The predicted octanol–water partition coefficient (Wildman–Crippen LogP) is 1.35. The first-order chi connectivity index (χ1) is 9.77. The lowest BCUT2D eigenvalue weighted by molar-refractivity contribution is 0.0708. The molecule has 0 amide bonds. The summed E-state index contributed by atoms with van der Waals surface area (Å²) < 4.78 is 1.72. The molecule has 0 spiro atoms. The van der Waals surface area contributed by atoms with Gasteiger partial charge < -0.3 is 5.11 Å². The van der Waals surface area contributed by atoms with Crippen molar-refractivity contribution in [3.63, 3.8) is 0 Å². The minimum absolute atomic E-state index is 0.106. The number of nitrogens with zero attached hydrogens (tertiary/aromatic N) is 4. The second kappa shape index (κ2) is 5.95. The Kier molecular flexibility index (Phi) is 4.05. The number of aliphatic hydroxyl groups is 1. The van der Waals surface area contributed by atoms with Gasteiger partial charge in [-0.25, -0.2) is 4.68 Å². The molecule has 0 saturated carbocycles. The van der Waals surface area contributed by atoms with Crippen LogP contribution in [0.2, 0.25) is 0 Å². The van der Waals surface area contributed by atoms with E-state index >= 15 is 0 Å². The Morgan fingerprint density at radius 1 is 1.35 bits per heavy atom. The van der Waals surface area contributed by atoms with Crippen LogP contribution in [-0.4, -0.2) is 56.1 Å². The summed E-state index contributed by atoms with van der Waals surface area (Å²) in [5.74, 6) is 2.05. The summed E-state index contributed by atoms with van der Waals surface area (Å²) in [4.78, 5) is 2.21. The molecule has 0 aliphatic carbocycles. The predicted molar refractivity (Wildman–Crippen MR) is 80.1 cm³/mol. The quantitative estimate of drug-likeness (QED) is 0.925. The van der Waals surface area contributed by atoms with Crippen molar-refractivity contribution in [2.75, 3.05) is 25.1 Å². The Hall–Kier alpha value is -1.37. The number of likely N-dealkylation sites (N-methyl/N-ethyl adjacent to an activating group) is 1. The second-order valence-electron chi connectivity index (χ2n) is 4.97. The largest absolute Gasteiger partial charge is 0.385 e. The van der Waals surface area contributed by atoms with Crippen molar-refractivity contribution in [3.05, 3.63) is 42.2 Å². The van der Waals surface area contributed by atoms with E-state index in [0.717, 1.165) is 29.4 Å². The molecular weight excluding hydrogens is 272 g/mol. The van der Waals surface area contributed by atoms with Gasteiger partial charge in [0.2, 0.25) is 0 Å². The zero-order valence-corrected chi connectivity index (χ0v) is 12.2. The van der Waals surface area contributed by atoms with E-state index in [1.165, 1.54) is 0 Å². The molecule has 106 valence electrons. The molecule has 2 aromatic rings. The summed E-state index contributed by atoms with van der Waals surface area (Å²) in [6, 6.07) is 9.90. The maximum Gasteiger partial charge on any atom is 0.114 e. The number of hydrogen-bond acceptors (Lipinski definition) is 5.